The number of hydrogen-bond donors (Lipinski definition) is 1. The van der Waals surface area contributed by atoms with E-state index >= 15 is 0 Å². The van der Waals surface area contributed by atoms with E-state index in [1.54, 1.807) is 24.3 Å². The monoisotopic (exact) mass is 351 g/mol. The summed E-state index contributed by atoms with van der Waals surface area (Å²) < 4.78 is 2.02. The van der Waals surface area contributed by atoms with Crippen molar-refractivity contribution in [3.8, 4) is 0 Å². The fourth-order valence-corrected chi connectivity index (χ4v) is 4.95. The molecule has 136 valence electrons. The first-order chi connectivity index (χ1) is 12.1. The van der Waals surface area contributed by atoms with Crippen LogP contribution in [0.5, 0.6) is 0 Å². The van der Waals surface area contributed by atoms with E-state index in [2.05, 4.69) is 38.0 Å². The van der Waals surface area contributed by atoms with Crippen LogP contribution in [-0.4, -0.2) is 32.2 Å². The lowest BCUT2D eigenvalue weighted by atomic mass is 9.79. The Morgan fingerprint density at radius 3 is 2.12 bits per heavy atom. The fourth-order valence-electron chi connectivity index (χ4n) is 4.95. The maximum atomic E-state index is 13.2. The van der Waals surface area contributed by atoms with Crippen molar-refractivity contribution in [1.29, 1.82) is 0 Å². The van der Waals surface area contributed by atoms with Crippen LogP contribution < -0.4 is 5.32 Å². The molecule has 1 aliphatic carbocycles. The molecular weight excluding hydrogens is 326 g/mol. The van der Waals surface area contributed by atoms with Crippen molar-refractivity contribution in [2.45, 2.75) is 64.6 Å². The van der Waals surface area contributed by atoms with E-state index in [1.165, 1.54) is 0 Å². The molecule has 0 amide bonds. The lowest BCUT2D eigenvalue weighted by Gasteiger charge is -2.47. The van der Waals surface area contributed by atoms with Crippen molar-refractivity contribution in [1.82, 2.24) is 14.9 Å². The Morgan fingerprint density at radius 1 is 1.00 bits per heavy atom. The quantitative estimate of drug-likeness (QED) is 0.729. The van der Waals surface area contributed by atoms with E-state index in [1.807, 2.05) is 11.5 Å². The summed E-state index contributed by atoms with van der Waals surface area (Å²) in [4.78, 5) is 30.7. The number of imidazole rings is 1. The second-order valence-electron chi connectivity index (χ2n) is 8.88. The van der Waals surface area contributed by atoms with Gasteiger partial charge in [0, 0.05) is 28.2 Å². The van der Waals surface area contributed by atoms with E-state index in [0.29, 0.717) is 22.5 Å². The van der Waals surface area contributed by atoms with Gasteiger partial charge in [0.05, 0.1) is 0 Å². The topological polar surface area (TPSA) is 64.0 Å². The number of hydrogen-bond acceptors (Lipinski definition) is 4. The number of benzene rings is 1. The molecule has 2 aliphatic rings. The van der Waals surface area contributed by atoms with Gasteiger partial charge in [0.2, 0.25) is 11.6 Å². The average Bonchev–Trinajstić information content (AvgIpc) is 2.87. The molecule has 0 bridgehead atoms. The third-order valence-electron chi connectivity index (χ3n) is 5.47. The second kappa shape index (κ2) is 5.36. The number of aromatic nitrogens is 2. The number of ketones is 2. The summed E-state index contributed by atoms with van der Waals surface area (Å²) in [6, 6.07) is 7.17. The zero-order valence-corrected chi connectivity index (χ0v) is 16.0. The van der Waals surface area contributed by atoms with Gasteiger partial charge in [0.25, 0.3) is 0 Å². The predicted molar refractivity (Wildman–Crippen MR) is 99.8 cm³/mol. The highest BCUT2D eigenvalue weighted by Gasteiger charge is 2.42. The lowest BCUT2D eigenvalue weighted by Crippen LogP contribution is -2.58. The van der Waals surface area contributed by atoms with Gasteiger partial charge in [-0.25, -0.2) is 4.98 Å². The van der Waals surface area contributed by atoms with Crippen LogP contribution in [0.1, 0.15) is 84.5 Å². The van der Waals surface area contributed by atoms with Gasteiger partial charge in [-0.2, -0.15) is 0 Å². The van der Waals surface area contributed by atoms with Gasteiger partial charge in [-0.15, -0.1) is 0 Å². The molecule has 0 spiro atoms. The third kappa shape index (κ3) is 2.53. The highest BCUT2D eigenvalue weighted by atomic mass is 16.1. The number of piperidine rings is 1. The minimum absolute atomic E-state index is 0.0599. The largest absolute Gasteiger partial charge is 0.322 e. The number of fused-ring (bicyclic) bond motifs is 2. The van der Waals surface area contributed by atoms with Crippen molar-refractivity contribution in [3.05, 3.63) is 52.6 Å². The fraction of sp³-hybridized carbons (Fsp3) is 0.476. The number of nitrogens with one attached hydrogen (secondary N) is 1. The normalized spacial score (nSPS) is 21.4. The summed E-state index contributed by atoms with van der Waals surface area (Å²) >= 11 is 0. The number of carbonyl (C=O) groups excluding carboxylic acids is 2. The molecule has 2 heterocycles. The lowest BCUT2D eigenvalue weighted by molar-refractivity contribution is 0.0956. The molecular formula is C21H25N3O2. The minimum atomic E-state index is -0.149. The number of nitrogens with zero attached hydrogens (tertiary/aromatic N) is 2. The van der Waals surface area contributed by atoms with Gasteiger partial charge in [-0.3, -0.25) is 9.59 Å². The molecule has 2 aromatic rings. The van der Waals surface area contributed by atoms with Gasteiger partial charge in [-0.05, 0) is 47.5 Å². The summed E-state index contributed by atoms with van der Waals surface area (Å²) in [5.41, 5.74) is 1.59. The predicted octanol–water partition coefficient (Wildman–Crippen LogP) is 3.45. The first-order valence-corrected chi connectivity index (χ1v) is 9.16. The summed E-state index contributed by atoms with van der Waals surface area (Å²) in [6.07, 6.45) is 1.76. The van der Waals surface area contributed by atoms with Crippen LogP contribution in [0.15, 0.2) is 24.3 Å². The summed E-state index contributed by atoms with van der Waals surface area (Å²) in [5.74, 6) is 0.498. The molecule has 1 fully saturated rings. The molecule has 1 aliphatic heterocycles. The standard InChI is InChI=1S/C21H25N3O2/c1-12-22-16-17(19(26)15-9-7-6-8-14(15)18(16)25)24(12)13-10-20(2,3)23-21(4,5)11-13/h6-9,13,23H,10-11H2,1-5H3. The molecule has 1 N–H and O–H groups in total. The Labute approximate surface area is 153 Å². The summed E-state index contributed by atoms with van der Waals surface area (Å²) in [5, 5.41) is 3.67. The first-order valence-electron chi connectivity index (χ1n) is 9.16. The van der Waals surface area contributed by atoms with Crippen LogP contribution in [0, 0.1) is 6.92 Å². The molecule has 0 radical (unpaired) electrons. The van der Waals surface area contributed by atoms with E-state index in [0.717, 1.165) is 18.7 Å². The summed E-state index contributed by atoms with van der Waals surface area (Å²) in [7, 11) is 0. The van der Waals surface area contributed by atoms with Gasteiger partial charge >= 0.3 is 0 Å². The van der Waals surface area contributed by atoms with E-state index < -0.39 is 0 Å². The molecule has 5 heteroatoms. The highest BCUT2D eigenvalue weighted by Crippen LogP contribution is 2.39. The number of rotatable bonds is 1. The van der Waals surface area contributed by atoms with Gasteiger partial charge < -0.3 is 9.88 Å². The smallest absolute Gasteiger partial charge is 0.214 e. The van der Waals surface area contributed by atoms with Crippen LogP contribution in [-0.2, 0) is 0 Å². The van der Waals surface area contributed by atoms with Crippen LogP contribution in [0.4, 0.5) is 0 Å². The SMILES string of the molecule is Cc1nc2c(n1C1CC(C)(C)NC(C)(C)C1)C(=O)c1ccccc1C2=O. The first kappa shape index (κ1) is 17.2. The van der Waals surface area contributed by atoms with Crippen molar-refractivity contribution in [3.63, 3.8) is 0 Å². The second-order valence-corrected chi connectivity index (χ2v) is 8.88. The molecule has 1 saturated heterocycles. The maximum Gasteiger partial charge on any atom is 0.214 e. The van der Waals surface area contributed by atoms with E-state index in [4.69, 9.17) is 0 Å². The molecule has 26 heavy (non-hydrogen) atoms. The van der Waals surface area contributed by atoms with E-state index in [-0.39, 0.29) is 28.7 Å². The zero-order valence-electron chi connectivity index (χ0n) is 16.0. The Balaban J connectivity index is 1.87. The highest BCUT2D eigenvalue weighted by molar-refractivity contribution is 6.27. The van der Waals surface area contributed by atoms with Crippen molar-refractivity contribution in [2.24, 2.45) is 0 Å². The number of aryl methyl sites for hydroxylation is 1. The maximum absolute atomic E-state index is 13.2. The molecule has 4 rings (SSSR count). The van der Waals surface area contributed by atoms with Crippen molar-refractivity contribution in [2.75, 3.05) is 0 Å². The van der Waals surface area contributed by atoms with Gasteiger partial charge in [-0.1, -0.05) is 24.3 Å². The van der Waals surface area contributed by atoms with Crippen molar-refractivity contribution >= 4 is 11.6 Å². The van der Waals surface area contributed by atoms with Gasteiger partial charge in [0.15, 0.2) is 0 Å². The van der Waals surface area contributed by atoms with Crippen LogP contribution in [0.25, 0.3) is 0 Å². The molecule has 0 atom stereocenters. The van der Waals surface area contributed by atoms with Crippen LogP contribution in [0.2, 0.25) is 0 Å². The van der Waals surface area contributed by atoms with E-state index in [9.17, 15) is 9.59 Å². The van der Waals surface area contributed by atoms with Crippen LogP contribution in [0.3, 0.4) is 0 Å². The Hall–Kier alpha value is -2.27. The molecule has 5 nitrogen and oxygen atoms in total. The van der Waals surface area contributed by atoms with Crippen molar-refractivity contribution < 1.29 is 9.59 Å². The molecule has 1 aromatic heterocycles. The molecule has 0 unspecified atom stereocenters. The number of carbonyl (C=O) groups is 2. The Kier molecular flexibility index (Phi) is 3.54. The zero-order chi connectivity index (χ0) is 18.9. The Morgan fingerprint density at radius 2 is 1.54 bits per heavy atom. The minimum Gasteiger partial charge on any atom is -0.322 e. The summed E-state index contributed by atoms with van der Waals surface area (Å²) in [6.45, 7) is 10.6. The molecule has 0 saturated carbocycles. The van der Waals surface area contributed by atoms with Gasteiger partial charge in [0.1, 0.15) is 17.2 Å². The Bertz CT molecular complexity index is 921. The third-order valence-corrected chi connectivity index (χ3v) is 5.47. The van der Waals surface area contributed by atoms with Crippen LogP contribution >= 0.6 is 0 Å². The average molecular weight is 351 g/mol. The molecule has 1 aromatic carbocycles.